The van der Waals surface area contributed by atoms with Gasteiger partial charge in [-0.3, -0.25) is 14.9 Å². The van der Waals surface area contributed by atoms with Crippen molar-refractivity contribution in [3.8, 4) is 0 Å². The Balaban J connectivity index is 1.15. The van der Waals surface area contributed by atoms with Crippen LogP contribution in [-0.4, -0.2) is 46.0 Å². The predicted octanol–water partition coefficient (Wildman–Crippen LogP) is 4.47. The van der Waals surface area contributed by atoms with Gasteiger partial charge < -0.3 is 9.62 Å². The minimum atomic E-state index is 0.967. The van der Waals surface area contributed by atoms with Crippen molar-refractivity contribution in [1.82, 2.24) is 19.9 Å². The molecule has 1 N–H and O–H groups in total. The van der Waals surface area contributed by atoms with E-state index in [1.807, 2.05) is 18.5 Å². The van der Waals surface area contributed by atoms with Crippen molar-refractivity contribution in [2.75, 3.05) is 35.8 Å². The number of benzene rings is 2. The lowest BCUT2D eigenvalue weighted by Gasteiger charge is -2.35. The van der Waals surface area contributed by atoms with E-state index in [2.05, 4.69) is 78.0 Å². The molecule has 0 saturated carbocycles. The molecule has 0 amide bonds. The summed E-state index contributed by atoms with van der Waals surface area (Å²) in [6.45, 7) is 4.98. The Morgan fingerprint density at radius 1 is 0.839 bits per heavy atom. The molecule has 1 aliphatic rings. The fourth-order valence-electron chi connectivity index (χ4n) is 3.80. The van der Waals surface area contributed by atoms with Gasteiger partial charge in [0, 0.05) is 62.4 Å². The van der Waals surface area contributed by atoms with Crippen molar-refractivity contribution in [1.29, 1.82) is 0 Å². The molecule has 0 unspecified atom stereocenters. The summed E-state index contributed by atoms with van der Waals surface area (Å²) in [6.07, 6.45) is 7.16. The number of piperazine rings is 1. The summed E-state index contributed by atoms with van der Waals surface area (Å²) in [4.78, 5) is 19.0. The molecule has 156 valence electrons. The van der Waals surface area contributed by atoms with Crippen LogP contribution in [0.25, 0.3) is 10.9 Å². The van der Waals surface area contributed by atoms with Crippen LogP contribution < -0.4 is 9.62 Å². The maximum Gasteiger partial charge on any atom is 0.147 e. The number of pyridine rings is 1. The lowest BCUT2D eigenvalue weighted by Crippen LogP contribution is -2.46. The van der Waals surface area contributed by atoms with Gasteiger partial charge in [-0.1, -0.05) is 30.3 Å². The van der Waals surface area contributed by atoms with Crippen molar-refractivity contribution in [2.24, 2.45) is 0 Å². The van der Waals surface area contributed by atoms with Gasteiger partial charge in [-0.2, -0.15) is 0 Å². The molecule has 7 heteroatoms. The number of anilines is 2. The Kier molecular flexibility index (Phi) is 5.95. The Morgan fingerprint density at radius 2 is 1.68 bits per heavy atom. The summed E-state index contributed by atoms with van der Waals surface area (Å²) in [7, 11) is 0. The molecule has 0 aliphatic carbocycles. The van der Waals surface area contributed by atoms with E-state index < -0.39 is 0 Å². The molecule has 0 atom stereocenters. The normalized spacial score (nSPS) is 14.6. The maximum absolute atomic E-state index is 4.52. The second-order valence-electron chi connectivity index (χ2n) is 7.56. The van der Waals surface area contributed by atoms with Crippen molar-refractivity contribution in [3.63, 3.8) is 0 Å². The van der Waals surface area contributed by atoms with Crippen LogP contribution in [0, 0.1) is 0 Å². The number of aromatic nitrogens is 3. The van der Waals surface area contributed by atoms with Crippen LogP contribution in [0.5, 0.6) is 0 Å². The molecule has 0 bridgehead atoms. The van der Waals surface area contributed by atoms with Crippen LogP contribution in [-0.2, 0) is 6.54 Å². The molecular formula is C24H24N6S. The van der Waals surface area contributed by atoms with Gasteiger partial charge in [0.2, 0.25) is 0 Å². The molecule has 1 fully saturated rings. The Labute approximate surface area is 186 Å². The average Bonchev–Trinajstić information content (AvgIpc) is 2.85. The number of nitrogens with one attached hydrogen (secondary N) is 1. The second kappa shape index (κ2) is 9.32. The largest absolute Gasteiger partial charge is 0.353 e. The third kappa shape index (κ3) is 4.78. The molecule has 1 aliphatic heterocycles. The number of fused-ring (bicyclic) bond motifs is 1. The van der Waals surface area contributed by atoms with Crippen LogP contribution in [0.15, 0.2) is 84.3 Å². The average molecular weight is 429 g/mol. The summed E-state index contributed by atoms with van der Waals surface area (Å²) in [5.41, 5.74) is 3.45. The van der Waals surface area contributed by atoms with E-state index in [4.69, 9.17) is 0 Å². The summed E-state index contributed by atoms with van der Waals surface area (Å²) in [6, 6.07) is 19.0. The molecule has 31 heavy (non-hydrogen) atoms. The zero-order valence-corrected chi connectivity index (χ0v) is 18.0. The van der Waals surface area contributed by atoms with Crippen LogP contribution in [0.4, 0.5) is 11.5 Å². The summed E-state index contributed by atoms with van der Waals surface area (Å²) >= 11 is 1.60. The first-order chi connectivity index (χ1) is 15.3. The highest BCUT2D eigenvalue weighted by Gasteiger charge is 2.18. The third-order valence-electron chi connectivity index (χ3n) is 5.48. The molecule has 5 rings (SSSR count). The highest BCUT2D eigenvalue weighted by molar-refractivity contribution is 8.00. The number of rotatable bonds is 6. The fraction of sp³-hybridized carbons (Fsp3) is 0.208. The number of para-hydroxylation sites is 1. The SMILES string of the molecule is c1cnc2c(SNc3ccc(CN4CCN(c5cnccn5)CC4)cc3)cccc2c1. The molecule has 6 nitrogen and oxygen atoms in total. The standard InChI is InChI=1S/C24H24N6S/c1-3-20-4-2-10-27-24(20)22(5-1)31-28-21-8-6-19(7-9-21)18-29-13-15-30(16-14-29)23-17-25-11-12-26-23/h1-12,17,28H,13-16,18H2. The quantitative estimate of drug-likeness (QED) is 0.455. The minimum Gasteiger partial charge on any atom is -0.353 e. The van der Waals surface area contributed by atoms with Crippen molar-refractivity contribution in [3.05, 3.63) is 84.9 Å². The van der Waals surface area contributed by atoms with Crippen LogP contribution in [0.3, 0.4) is 0 Å². The Bertz CT molecular complexity index is 1120. The minimum absolute atomic E-state index is 0.967. The fourth-order valence-corrected chi connectivity index (χ4v) is 4.58. The van der Waals surface area contributed by atoms with Gasteiger partial charge in [0.05, 0.1) is 16.6 Å². The van der Waals surface area contributed by atoms with Crippen molar-refractivity contribution < 1.29 is 0 Å². The molecule has 0 spiro atoms. The first-order valence-electron chi connectivity index (χ1n) is 10.4. The van der Waals surface area contributed by atoms with Crippen LogP contribution >= 0.6 is 11.9 Å². The predicted molar refractivity (Wildman–Crippen MR) is 127 cm³/mol. The number of hydrogen-bond donors (Lipinski definition) is 1. The smallest absolute Gasteiger partial charge is 0.147 e. The van der Waals surface area contributed by atoms with Gasteiger partial charge in [-0.25, -0.2) is 4.98 Å². The maximum atomic E-state index is 4.52. The van der Waals surface area contributed by atoms with E-state index in [1.54, 1.807) is 24.3 Å². The zero-order valence-electron chi connectivity index (χ0n) is 17.2. The topological polar surface area (TPSA) is 57.2 Å². The van der Waals surface area contributed by atoms with E-state index in [-0.39, 0.29) is 0 Å². The third-order valence-corrected chi connectivity index (χ3v) is 6.37. The van der Waals surface area contributed by atoms with Crippen LogP contribution in [0.1, 0.15) is 5.56 Å². The molecule has 4 aromatic rings. The second-order valence-corrected chi connectivity index (χ2v) is 8.41. The zero-order chi connectivity index (χ0) is 20.9. The van der Waals surface area contributed by atoms with Gasteiger partial charge in [-0.15, -0.1) is 0 Å². The molecule has 0 radical (unpaired) electrons. The summed E-state index contributed by atoms with van der Waals surface area (Å²) in [5, 5.41) is 1.16. The summed E-state index contributed by atoms with van der Waals surface area (Å²) in [5.74, 6) is 0.969. The molecular weight excluding hydrogens is 404 g/mol. The Morgan fingerprint density at radius 3 is 2.48 bits per heavy atom. The van der Waals surface area contributed by atoms with E-state index in [1.165, 1.54) is 5.56 Å². The molecule has 1 saturated heterocycles. The molecule has 2 aromatic heterocycles. The van der Waals surface area contributed by atoms with Gasteiger partial charge in [0.1, 0.15) is 5.82 Å². The lowest BCUT2D eigenvalue weighted by atomic mass is 10.2. The molecule has 2 aromatic carbocycles. The van der Waals surface area contributed by atoms with Crippen molar-refractivity contribution in [2.45, 2.75) is 11.4 Å². The monoisotopic (exact) mass is 428 g/mol. The van der Waals surface area contributed by atoms with Crippen molar-refractivity contribution >= 4 is 34.4 Å². The van der Waals surface area contributed by atoms with Gasteiger partial charge in [0.15, 0.2) is 0 Å². The first kappa shape index (κ1) is 19.8. The highest BCUT2D eigenvalue weighted by atomic mass is 32.2. The van der Waals surface area contributed by atoms with E-state index in [9.17, 15) is 0 Å². The van der Waals surface area contributed by atoms with Crippen LogP contribution in [0.2, 0.25) is 0 Å². The first-order valence-corrected chi connectivity index (χ1v) is 11.3. The lowest BCUT2D eigenvalue weighted by molar-refractivity contribution is 0.249. The number of hydrogen-bond acceptors (Lipinski definition) is 7. The van der Waals surface area contributed by atoms with E-state index in [0.29, 0.717) is 0 Å². The highest BCUT2D eigenvalue weighted by Crippen LogP contribution is 2.27. The summed E-state index contributed by atoms with van der Waals surface area (Å²) < 4.78 is 3.45. The van der Waals surface area contributed by atoms with Gasteiger partial charge in [0.25, 0.3) is 0 Å². The van der Waals surface area contributed by atoms with Gasteiger partial charge >= 0.3 is 0 Å². The molecule has 3 heterocycles. The van der Waals surface area contributed by atoms with E-state index >= 15 is 0 Å². The van der Waals surface area contributed by atoms with Gasteiger partial charge in [-0.05, 0) is 41.8 Å². The number of nitrogens with zero attached hydrogens (tertiary/aromatic N) is 5. The Hall–Kier alpha value is -3.16. The van der Waals surface area contributed by atoms with E-state index in [0.717, 1.165) is 60.0 Å².